The van der Waals surface area contributed by atoms with Crippen molar-refractivity contribution in [2.24, 2.45) is 5.92 Å². The summed E-state index contributed by atoms with van der Waals surface area (Å²) in [6.07, 6.45) is 2.60. The minimum Gasteiger partial charge on any atom is -0.508 e. The molecule has 0 bridgehead atoms. The Hall–Kier alpha value is -1.75. The van der Waals surface area contributed by atoms with E-state index in [0.717, 1.165) is 31.4 Å². The molecule has 5 heteroatoms. The van der Waals surface area contributed by atoms with Crippen molar-refractivity contribution in [3.05, 3.63) is 29.8 Å². The van der Waals surface area contributed by atoms with E-state index in [4.69, 9.17) is 5.11 Å². The summed E-state index contributed by atoms with van der Waals surface area (Å²) in [5.41, 5.74) is 1.15. The van der Waals surface area contributed by atoms with E-state index in [1.165, 1.54) is 0 Å². The summed E-state index contributed by atoms with van der Waals surface area (Å²) in [6, 6.07) is 7.21. The predicted molar refractivity (Wildman–Crippen MR) is 81.2 cm³/mol. The molecular weight excluding hydrogens is 268 g/mol. The maximum atomic E-state index is 12.1. The molecule has 0 aromatic heterocycles. The number of aliphatic hydroxyl groups excluding tert-OH is 1. The Morgan fingerprint density at radius 2 is 2.14 bits per heavy atom. The van der Waals surface area contributed by atoms with Crippen molar-refractivity contribution in [2.75, 3.05) is 19.7 Å². The van der Waals surface area contributed by atoms with E-state index in [2.05, 4.69) is 5.32 Å². The standard InChI is InChI=1S/C16H24N2O3/c1-12(2-3-13-4-6-15(20)7-5-13)17-16(21)18-9-8-14(10-18)11-19/h4-7,12,14,19-20H,2-3,8-11H2,1H3,(H,17,21). The molecule has 1 aliphatic rings. The fourth-order valence-electron chi connectivity index (χ4n) is 2.59. The van der Waals surface area contributed by atoms with Crippen LogP contribution in [0.5, 0.6) is 5.75 Å². The smallest absolute Gasteiger partial charge is 0.317 e. The lowest BCUT2D eigenvalue weighted by atomic mass is 10.1. The number of aliphatic hydroxyl groups is 1. The molecule has 1 aromatic carbocycles. The highest BCUT2D eigenvalue weighted by molar-refractivity contribution is 5.74. The molecule has 1 fully saturated rings. The Morgan fingerprint density at radius 3 is 2.76 bits per heavy atom. The zero-order valence-electron chi connectivity index (χ0n) is 12.5. The monoisotopic (exact) mass is 292 g/mol. The van der Waals surface area contributed by atoms with Crippen LogP contribution in [0.15, 0.2) is 24.3 Å². The second kappa shape index (κ2) is 7.31. The van der Waals surface area contributed by atoms with Crippen LogP contribution in [-0.2, 0) is 6.42 Å². The highest BCUT2D eigenvalue weighted by atomic mass is 16.3. The number of rotatable bonds is 5. The molecule has 2 unspecified atom stereocenters. The zero-order valence-corrected chi connectivity index (χ0v) is 12.5. The molecule has 2 amide bonds. The number of amides is 2. The molecule has 0 saturated carbocycles. The summed E-state index contributed by atoms with van der Waals surface area (Å²) < 4.78 is 0. The first-order valence-corrected chi connectivity index (χ1v) is 7.52. The van der Waals surface area contributed by atoms with Gasteiger partial charge in [0, 0.05) is 31.7 Å². The van der Waals surface area contributed by atoms with Gasteiger partial charge in [-0.1, -0.05) is 12.1 Å². The number of nitrogens with zero attached hydrogens (tertiary/aromatic N) is 1. The van der Waals surface area contributed by atoms with Gasteiger partial charge in [-0.3, -0.25) is 0 Å². The summed E-state index contributed by atoms with van der Waals surface area (Å²) >= 11 is 0. The van der Waals surface area contributed by atoms with Crippen LogP contribution < -0.4 is 5.32 Å². The minimum atomic E-state index is -0.0378. The molecule has 3 N–H and O–H groups in total. The third-order valence-corrected chi connectivity index (χ3v) is 4.00. The molecule has 2 atom stereocenters. The molecular formula is C16H24N2O3. The lowest BCUT2D eigenvalue weighted by molar-refractivity contribution is 0.195. The van der Waals surface area contributed by atoms with Gasteiger partial charge in [-0.15, -0.1) is 0 Å². The summed E-state index contributed by atoms with van der Waals surface area (Å²) in [5, 5.41) is 21.3. The number of aromatic hydroxyl groups is 1. The van der Waals surface area contributed by atoms with Crippen molar-refractivity contribution < 1.29 is 15.0 Å². The third-order valence-electron chi connectivity index (χ3n) is 4.00. The zero-order chi connectivity index (χ0) is 15.2. The van der Waals surface area contributed by atoms with Crippen LogP contribution >= 0.6 is 0 Å². The molecule has 116 valence electrons. The van der Waals surface area contributed by atoms with Gasteiger partial charge in [0.15, 0.2) is 0 Å². The number of aryl methyl sites for hydroxylation is 1. The number of hydrogen-bond acceptors (Lipinski definition) is 3. The van der Waals surface area contributed by atoms with E-state index < -0.39 is 0 Å². The van der Waals surface area contributed by atoms with E-state index in [-0.39, 0.29) is 30.3 Å². The average molecular weight is 292 g/mol. The van der Waals surface area contributed by atoms with Crippen molar-refractivity contribution in [1.82, 2.24) is 10.2 Å². The second-order valence-corrected chi connectivity index (χ2v) is 5.84. The maximum absolute atomic E-state index is 12.1. The van der Waals surface area contributed by atoms with Gasteiger partial charge in [0.05, 0.1) is 0 Å². The Morgan fingerprint density at radius 1 is 1.43 bits per heavy atom. The topological polar surface area (TPSA) is 72.8 Å². The van der Waals surface area contributed by atoms with Gasteiger partial charge >= 0.3 is 6.03 Å². The fraction of sp³-hybridized carbons (Fsp3) is 0.562. The number of urea groups is 1. The number of phenols is 1. The Labute approximate surface area is 125 Å². The molecule has 0 aliphatic carbocycles. The second-order valence-electron chi connectivity index (χ2n) is 5.84. The summed E-state index contributed by atoms with van der Waals surface area (Å²) in [7, 11) is 0. The van der Waals surface area contributed by atoms with Crippen LogP contribution in [-0.4, -0.2) is 46.9 Å². The number of likely N-dealkylation sites (tertiary alicyclic amines) is 1. The lowest BCUT2D eigenvalue weighted by Crippen LogP contribution is -2.43. The number of benzene rings is 1. The first kappa shape index (κ1) is 15.6. The lowest BCUT2D eigenvalue weighted by Gasteiger charge is -2.21. The Balaban J connectivity index is 1.72. The van der Waals surface area contributed by atoms with Gasteiger partial charge in [0.1, 0.15) is 5.75 Å². The van der Waals surface area contributed by atoms with Gasteiger partial charge in [-0.25, -0.2) is 4.79 Å². The first-order valence-electron chi connectivity index (χ1n) is 7.52. The van der Waals surface area contributed by atoms with Crippen LogP contribution in [0.2, 0.25) is 0 Å². The number of carbonyl (C=O) groups excluding carboxylic acids is 1. The Kier molecular flexibility index (Phi) is 5.44. The number of hydrogen-bond donors (Lipinski definition) is 3. The van der Waals surface area contributed by atoms with Gasteiger partial charge in [0.2, 0.25) is 0 Å². The molecule has 5 nitrogen and oxygen atoms in total. The van der Waals surface area contributed by atoms with Crippen molar-refractivity contribution >= 4 is 6.03 Å². The molecule has 1 aliphatic heterocycles. The van der Waals surface area contributed by atoms with Crippen molar-refractivity contribution in [3.63, 3.8) is 0 Å². The molecule has 1 aromatic rings. The highest BCUT2D eigenvalue weighted by Gasteiger charge is 2.26. The van der Waals surface area contributed by atoms with Gasteiger partial charge in [-0.05, 0) is 43.9 Å². The summed E-state index contributed by atoms with van der Waals surface area (Å²) in [4.78, 5) is 13.8. The summed E-state index contributed by atoms with van der Waals surface area (Å²) in [6.45, 7) is 3.52. The SMILES string of the molecule is CC(CCc1ccc(O)cc1)NC(=O)N1CCC(CO)C1. The number of phenolic OH excluding ortho intramolecular Hbond substituents is 1. The van der Waals surface area contributed by atoms with Crippen molar-refractivity contribution in [3.8, 4) is 5.75 Å². The van der Waals surface area contributed by atoms with Crippen LogP contribution in [0.3, 0.4) is 0 Å². The van der Waals surface area contributed by atoms with E-state index >= 15 is 0 Å². The average Bonchev–Trinajstić information content (AvgIpc) is 2.96. The van der Waals surface area contributed by atoms with Crippen LogP contribution in [0, 0.1) is 5.92 Å². The molecule has 0 spiro atoms. The van der Waals surface area contributed by atoms with E-state index in [9.17, 15) is 9.90 Å². The van der Waals surface area contributed by atoms with E-state index in [1.807, 2.05) is 19.1 Å². The largest absolute Gasteiger partial charge is 0.508 e. The molecule has 0 radical (unpaired) electrons. The molecule has 1 heterocycles. The van der Waals surface area contributed by atoms with Crippen LogP contribution in [0.25, 0.3) is 0 Å². The quantitative estimate of drug-likeness (QED) is 0.774. The first-order chi connectivity index (χ1) is 10.1. The maximum Gasteiger partial charge on any atom is 0.317 e. The highest BCUT2D eigenvalue weighted by Crippen LogP contribution is 2.16. The van der Waals surface area contributed by atoms with Gasteiger partial charge in [0.25, 0.3) is 0 Å². The fourth-order valence-corrected chi connectivity index (χ4v) is 2.59. The van der Waals surface area contributed by atoms with Gasteiger partial charge in [-0.2, -0.15) is 0 Å². The number of carbonyl (C=O) groups is 1. The molecule has 1 saturated heterocycles. The third kappa shape index (κ3) is 4.63. The molecule has 21 heavy (non-hydrogen) atoms. The van der Waals surface area contributed by atoms with Crippen molar-refractivity contribution in [2.45, 2.75) is 32.2 Å². The summed E-state index contributed by atoms with van der Waals surface area (Å²) in [5.74, 6) is 0.496. The normalized spacial score (nSPS) is 19.5. The van der Waals surface area contributed by atoms with Crippen molar-refractivity contribution in [1.29, 1.82) is 0 Å². The van der Waals surface area contributed by atoms with Crippen LogP contribution in [0.1, 0.15) is 25.3 Å². The van der Waals surface area contributed by atoms with Crippen LogP contribution in [0.4, 0.5) is 4.79 Å². The number of nitrogens with one attached hydrogen (secondary N) is 1. The van der Waals surface area contributed by atoms with E-state index in [1.54, 1.807) is 17.0 Å². The predicted octanol–water partition coefficient (Wildman–Crippen LogP) is 1.74. The molecule has 2 rings (SSSR count). The minimum absolute atomic E-state index is 0.0378. The Bertz CT molecular complexity index is 461. The van der Waals surface area contributed by atoms with Gasteiger partial charge < -0.3 is 20.4 Å². The van der Waals surface area contributed by atoms with E-state index in [0.29, 0.717) is 6.54 Å².